The quantitative estimate of drug-likeness (QED) is 0.755. The maximum Gasteiger partial charge on any atom is 0.0132 e. The monoisotopic (exact) mass is 215 g/mol. The van der Waals surface area contributed by atoms with Crippen LogP contribution in [0, 0.1) is 5.92 Å². The summed E-state index contributed by atoms with van der Waals surface area (Å²) in [6.45, 7) is 4.67. The van der Waals surface area contributed by atoms with Gasteiger partial charge < -0.3 is 5.32 Å². The molecule has 1 aliphatic carbocycles. The molecule has 0 radical (unpaired) electrons. The molecule has 0 saturated heterocycles. The van der Waals surface area contributed by atoms with E-state index in [0.717, 1.165) is 12.0 Å². The van der Waals surface area contributed by atoms with Crippen molar-refractivity contribution >= 4 is 11.8 Å². The fraction of sp³-hybridized carbons (Fsp3) is 1.00. The van der Waals surface area contributed by atoms with Crippen LogP contribution in [0.3, 0.4) is 0 Å². The Morgan fingerprint density at radius 2 is 1.86 bits per heavy atom. The minimum Gasteiger partial charge on any atom is -0.311 e. The Labute approximate surface area is 93.4 Å². The molecule has 0 heterocycles. The van der Waals surface area contributed by atoms with Gasteiger partial charge in [-0.15, -0.1) is 0 Å². The molecule has 0 aromatic carbocycles. The molecule has 84 valence electrons. The summed E-state index contributed by atoms with van der Waals surface area (Å²) >= 11 is 1.94. The van der Waals surface area contributed by atoms with E-state index in [9.17, 15) is 0 Å². The predicted molar refractivity (Wildman–Crippen MR) is 67.0 cm³/mol. The number of hydrogen-bond donors (Lipinski definition) is 1. The van der Waals surface area contributed by atoms with Crippen molar-refractivity contribution in [3.63, 3.8) is 0 Å². The van der Waals surface area contributed by atoms with Gasteiger partial charge in [-0.2, -0.15) is 11.8 Å². The van der Waals surface area contributed by atoms with Crippen molar-refractivity contribution in [3.8, 4) is 0 Å². The van der Waals surface area contributed by atoms with Crippen LogP contribution < -0.4 is 5.32 Å². The van der Waals surface area contributed by atoms with E-state index in [0.29, 0.717) is 6.04 Å². The van der Waals surface area contributed by atoms with E-state index >= 15 is 0 Å². The van der Waals surface area contributed by atoms with Crippen LogP contribution in [0.4, 0.5) is 0 Å². The van der Waals surface area contributed by atoms with Gasteiger partial charge >= 0.3 is 0 Å². The fourth-order valence-corrected chi connectivity index (χ4v) is 3.11. The van der Waals surface area contributed by atoms with Crippen LogP contribution in [-0.2, 0) is 0 Å². The molecule has 2 unspecified atom stereocenters. The zero-order valence-corrected chi connectivity index (χ0v) is 10.7. The van der Waals surface area contributed by atoms with E-state index in [2.05, 4.69) is 25.4 Å². The summed E-state index contributed by atoms with van der Waals surface area (Å²) in [7, 11) is 0. The summed E-state index contributed by atoms with van der Waals surface area (Å²) in [4.78, 5) is 0. The molecule has 2 heteroatoms. The molecule has 0 aliphatic heterocycles. The average molecular weight is 215 g/mol. The Kier molecular flexibility index (Phi) is 5.95. The van der Waals surface area contributed by atoms with Crippen LogP contribution in [0.15, 0.2) is 0 Å². The third kappa shape index (κ3) is 4.22. The lowest BCUT2D eigenvalue weighted by Gasteiger charge is -2.30. The first kappa shape index (κ1) is 12.4. The number of hydrogen-bond acceptors (Lipinski definition) is 2. The van der Waals surface area contributed by atoms with Gasteiger partial charge in [0.25, 0.3) is 0 Å². The maximum absolute atomic E-state index is 3.73. The Bertz CT molecular complexity index is 143. The van der Waals surface area contributed by atoms with E-state index in [1.54, 1.807) is 0 Å². The third-order valence-corrected chi connectivity index (χ3v) is 4.15. The first-order valence-electron chi connectivity index (χ1n) is 5.99. The molecule has 0 bridgehead atoms. The minimum absolute atomic E-state index is 0.668. The molecule has 1 aliphatic rings. The minimum atomic E-state index is 0.668. The molecule has 1 N–H and O–H groups in total. The largest absolute Gasteiger partial charge is 0.311 e. The van der Waals surface area contributed by atoms with Crippen molar-refractivity contribution in [2.75, 3.05) is 12.0 Å². The Balaban J connectivity index is 2.21. The second kappa shape index (κ2) is 6.73. The van der Waals surface area contributed by atoms with Gasteiger partial charge in [-0.3, -0.25) is 0 Å². The van der Waals surface area contributed by atoms with Crippen molar-refractivity contribution in [2.45, 2.75) is 58.0 Å². The van der Waals surface area contributed by atoms with E-state index in [1.165, 1.54) is 37.9 Å². The van der Waals surface area contributed by atoms with Crippen LogP contribution in [0.5, 0.6) is 0 Å². The first-order valence-corrected chi connectivity index (χ1v) is 7.38. The molecule has 14 heavy (non-hydrogen) atoms. The predicted octanol–water partition coefficient (Wildman–Crippen LogP) is 3.30. The first-order chi connectivity index (χ1) is 6.74. The summed E-state index contributed by atoms with van der Waals surface area (Å²) < 4.78 is 0. The van der Waals surface area contributed by atoms with Gasteiger partial charge in [0, 0.05) is 17.8 Å². The van der Waals surface area contributed by atoms with Crippen LogP contribution >= 0.6 is 11.8 Å². The van der Waals surface area contributed by atoms with E-state index in [-0.39, 0.29) is 0 Å². The third-order valence-electron chi connectivity index (χ3n) is 3.32. The zero-order valence-electron chi connectivity index (χ0n) is 9.88. The standard InChI is InChI=1S/C12H25NS/c1-10(9-14-3)13-11(2)12-7-5-4-6-8-12/h10-13H,4-9H2,1-3H3. The van der Waals surface area contributed by atoms with Gasteiger partial charge in [-0.05, 0) is 38.9 Å². The molecule has 1 saturated carbocycles. The maximum atomic E-state index is 3.73. The highest BCUT2D eigenvalue weighted by molar-refractivity contribution is 7.98. The van der Waals surface area contributed by atoms with Crippen LogP contribution in [0.1, 0.15) is 46.0 Å². The van der Waals surface area contributed by atoms with Gasteiger partial charge in [0.2, 0.25) is 0 Å². The Morgan fingerprint density at radius 3 is 2.43 bits per heavy atom. The van der Waals surface area contributed by atoms with Gasteiger partial charge in [-0.1, -0.05) is 19.3 Å². The van der Waals surface area contributed by atoms with Crippen molar-refractivity contribution < 1.29 is 0 Å². The molecule has 0 spiro atoms. The van der Waals surface area contributed by atoms with Crippen LogP contribution in [-0.4, -0.2) is 24.1 Å². The normalized spacial score (nSPS) is 23.4. The molecular weight excluding hydrogens is 190 g/mol. The van der Waals surface area contributed by atoms with E-state index in [1.807, 2.05) is 11.8 Å². The highest BCUT2D eigenvalue weighted by Crippen LogP contribution is 2.26. The van der Waals surface area contributed by atoms with E-state index in [4.69, 9.17) is 0 Å². The number of rotatable bonds is 5. The Morgan fingerprint density at radius 1 is 1.21 bits per heavy atom. The molecule has 1 fully saturated rings. The molecule has 0 aromatic heterocycles. The summed E-state index contributed by atoms with van der Waals surface area (Å²) in [6, 6.07) is 1.39. The van der Waals surface area contributed by atoms with Crippen molar-refractivity contribution in [1.82, 2.24) is 5.32 Å². The van der Waals surface area contributed by atoms with Crippen molar-refractivity contribution in [2.24, 2.45) is 5.92 Å². The summed E-state index contributed by atoms with van der Waals surface area (Å²) in [6.07, 6.45) is 9.44. The molecule has 0 aromatic rings. The van der Waals surface area contributed by atoms with Crippen molar-refractivity contribution in [3.05, 3.63) is 0 Å². The van der Waals surface area contributed by atoms with E-state index < -0.39 is 0 Å². The average Bonchev–Trinajstić information content (AvgIpc) is 2.19. The second-order valence-corrected chi connectivity index (χ2v) is 5.62. The molecule has 2 atom stereocenters. The molecule has 1 nitrogen and oxygen atoms in total. The number of thioether (sulfide) groups is 1. The van der Waals surface area contributed by atoms with Gasteiger partial charge in [0.1, 0.15) is 0 Å². The van der Waals surface area contributed by atoms with Gasteiger partial charge in [-0.25, -0.2) is 0 Å². The SMILES string of the molecule is CSCC(C)NC(C)C1CCCCC1. The van der Waals surface area contributed by atoms with Crippen LogP contribution in [0.25, 0.3) is 0 Å². The molecule has 0 amide bonds. The highest BCUT2D eigenvalue weighted by Gasteiger charge is 2.20. The lowest BCUT2D eigenvalue weighted by atomic mass is 9.84. The number of nitrogens with one attached hydrogen (secondary N) is 1. The Hall–Kier alpha value is 0.310. The fourth-order valence-electron chi connectivity index (χ4n) is 2.52. The second-order valence-electron chi connectivity index (χ2n) is 4.71. The van der Waals surface area contributed by atoms with Gasteiger partial charge in [0.15, 0.2) is 0 Å². The summed E-state index contributed by atoms with van der Waals surface area (Å²) in [5, 5.41) is 3.73. The molecule has 1 rings (SSSR count). The van der Waals surface area contributed by atoms with Gasteiger partial charge in [0.05, 0.1) is 0 Å². The zero-order chi connectivity index (χ0) is 10.4. The highest BCUT2D eigenvalue weighted by atomic mass is 32.2. The summed E-state index contributed by atoms with van der Waals surface area (Å²) in [5.74, 6) is 2.17. The topological polar surface area (TPSA) is 12.0 Å². The lowest BCUT2D eigenvalue weighted by Crippen LogP contribution is -2.41. The summed E-state index contributed by atoms with van der Waals surface area (Å²) in [5.41, 5.74) is 0. The lowest BCUT2D eigenvalue weighted by molar-refractivity contribution is 0.272. The van der Waals surface area contributed by atoms with Crippen molar-refractivity contribution in [1.29, 1.82) is 0 Å². The van der Waals surface area contributed by atoms with Crippen LogP contribution in [0.2, 0.25) is 0 Å². The smallest absolute Gasteiger partial charge is 0.0132 e. The molecular formula is C12H25NS.